The number of likely N-dealkylation sites (tertiary alicyclic amines) is 1. The second kappa shape index (κ2) is 7.58. The predicted octanol–water partition coefficient (Wildman–Crippen LogP) is 0.172. The Morgan fingerprint density at radius 1 is 1.30 bits per heavy atom. The number of amides is 1. The Morgan fingerprint density at radius 2 is 2.00 bits per heavy atom. The number of carboxylic acid groups (broad SMARTS) is 1. The SMILES string of the molecule is CS(=O)(=O)NCC1CCCCN1C(=O)CCCC(=O)O. The number of nitrogens with one attached hydrogen (secondary N) is 1. The van der Waals surface area contributed by atoms with Crippen LogP contribution in [0, 0.1) is 0 Å². The van der Waals surface area contributed by atoms with Crippen molar-refractivity contribution in [1.29, 1.82) is 0 Å². The molecule has 1 aliphatic heterocycles. The van der Waals surface area contributed by atoms with Gasteiger partial charge in [-0.1, -0.05) is 0 Å². The summed E-state index contributed by atoms with van der Waals surface area (Å²) in [6.45, 7) is 0.839. The number of aliphatic carboxylic acids is 1. The fourth-order valence-corrected chi connectivity index (χ4v) is 2.82. The maximum Gasteiger partial charge on any atom is 0.303 e. The van der Waals surface area contributed by atoms with Crippen molar-refractivity contribution in [2.75, 3.05) is 19.3 Å². The van der Waals surface area contributed by atoms with E-state index < -0.39 is 16.0 Å². The summed E-state index contributed by atoms with van der Waals surface area (Å²) < 4.78 is 24.7. The predicted molar refractivity (Wildman–Crippen MR) is 73.7 cm³/mol. The van der Waals surface area contributed by atoms with Crippen LogP contribution in [0.15, 0.2) is 0 Å². The molecule has 0 aliphatic carbocycles. The molecule has 8 heteroatoms. The first-order chi connectivity index (χ1) is 9.29. The van der Waals surface area contributed by atoms with Gasteiger partial charge in [0, 0.05) is 32.0 Å². The van der Waals surface area contributed by atoms with Crippen LogP contribution in [-0.2, 0) is 19.6 Å². The van der Waals surface area contributed by atoms with Gasteiger partial charge in [0.15, 0.2) is 0 Å². The molecule has 1 amide bonds. The number of nitrogens with zero attached hydrogens (tertiary/aromatic N) is 1. The van der Waals surface area contributed by atoms with Crippen LogP contribution < -0.4 is 4.72 Å². The summed E-state index contributed by atoms with van der Waals surface area (Å²) in [7, 11) is -3.27. The van der Waals surface area contributed by atoms with E-state index in [4.69, 9.17) is 5.11 Å². The zero-order valence-electron chi connectivity index (χ0n) is 11.7. The first kappa shape index (κ1) is 16.9. The second-order valence-electron chi connectivity index (χ2n) is 5.10. The van der Waals surface area contributed by atoms with E-state index in [0.717, 1.165) is 25.5 Å². The summed E-state index contributed by atoms with van der Waals surface area (Å²) in [5.41, 5.74) is 0. The molecule has 1 saturated heterocycles. The molecule has 1 fully saturated rings. The molecule has 1 heterocycles. The molecule has 116 valence electrons. The number of carbonyl (C=O) groups is 2. The normalized spacial score (nSPS) is 19.9. The van der Waals surface area contributed by atoms with Crippen molar-refractivity contribution < 1.29 is 23.1 Å². The van der Waals surface area contributed by atoms with Gasteiger partial charge in [0.05, 0.1) is 6.26 Å². The summed E-state index contributed by atoms with van der Waals surface area (Å²) in [5.74, 6) is -1.00. The molecule has 0 spiro atoms. The Morgan fingerprint density at radius 3 is 2.60 bits per heavy atom. The van der Waals surface area contributed by atoms with E-state index in [1.54, 1.807) is 4.90 Å². The van der Waals surface area contributed by atoms with Gasteiger partial charge in [0.2, 0.25) is 15.9 Å². The van der Waals surface area contributed by atoms with Crippen LogP contribution in [0.5, 0.6) is 0 Å². The first-order valence-electron chi connectivity index (χ1n) is 6.75. The van der Waals surface area contributed by atoms with Crippen molar-refractivity contribution in [3.8, 4) is 0 Å². The molecule has 0 saturated carbocycles. The lowest BCUT2D eigenvalue weighted by atomic mass is 10.0. The highest BCUT2D eigenvalue weighted by atomic mass is 32.2. The van der Waals surface area contributed by atoms with Crippen LogP contribution in [0.3, 0.4) is 0 Å². The van der Waals surface area contributed by atoms with E-state index in [1.165, 1.54) is 0 Å². The lowest BCUT2D eigenvalue weighted by Crippen LogP contribution is -2.49. The molecule has 7 nitrogen and oxygen atoms in total. The summed E-state index contributed by atoms with van der Waals surface area (Å²) in [6.07, 6.45) is 4.22. The highest BCUT2D eigenvalue weighted by molar-refractivity contribution is 7.88. The summed E-state index contributed by atoms with van der Waals surface area (Å²) in [4.78, 5) is 24.2. The molecule has 0 aromatic heterocycles. The molecule has 1 aliphatic rings. The molecule has 1 rings (SSSR count). The Labute approximate surface area is 119 Å². The minimum absolute atomic E-state index is 0.0220. The second-order valence-corrected chi connectivity index (χ2v) is 6.94. The molecule has 0 bridgehead atoms. The van der Waals surface area contributed by atoms with Gasteiger partial charge in [-0.3, -0.25) is 9.59 Å². The maximum absolute atomic E-state index is 12.1. The molecule has 0 radical (unpaired) electrons. The van der Waals surface area contributed by atoms with Gasteiger partial charge in [-0.05, 0) is 25.7 Å². The summed E-state index contributed by atoms with van der Waals surface area (Å²) in [6, 6.07) is -0.129. The minimum Gasteiger partial charge on any atom is -0.481 e. The van der Waals surface area contributed by atoms with E-state index in [-0.39, 0.29) is 31.3 Å². The minimum atomic E-state index is -3.27. The Balaban J connectivity index is 2.50. The van der Waals surface area contributed by atoms with Gasteiger partial charge in [0.25, 0.3) is 0 Å². The van der Waals surface area contributed by atoms with Crippen LogP contribution in [0.2, 0.25) is 0 Å². The Hall–Kier alpha value is -1.15. The van der Waals surface area contributed by atoms with Crippen LogP contribution in [-0.4, -0.2) is 55.7 Å². The Kier molecular flexibility index (Phi) is 6.41. The number of hydrogen-bond acceptors (Lipinski definition) is 4. The third kappa shape index (κ3) is 6.33. The van der Waals surface area contributed by atoms with Gasteiger partial charge in [-0.2, -0.15) is 0 Å². The maximum atomic E-state index is 12.1. The Bertz CT molecular complexity index is 449. The van der Waals surface area contributed by atoms with Crippen molar-refractivity contribution in [3.05, 3.63) is 0 Å². The average molecular weight is 306 g/mol. The largest absolute Gasteiger partial charge is 0.481 e. The van der Waals surface area contributed by atoms with E-state index >= 15 is 0 Å². The number of carboxylic acids is 1. The van der Waals surface area contributed by atoms with Crippen LogP contribution in [0.1, 0.15) is 38.5 Å². The topological polar surface area (TPSA) is 104 Å². The van der Waals surface area contributed by atoms with Crippen molar-refractivity contribution >= 4 is 21.9 Å². The molecule has 1 unspecified atom stereocenters. The average Bonchev–Trinajstić information content (AvgIpc) is 2.35. The molecule has 1 atom stereocenters. The highest BCUT2D eigenvalue weighted by Crippen LogP contribution is 2.18. The van der Waals surface area contributed by atoms with Crippen LogP contribution in [0.4, 0.5) is 0 Å². The van der Waals surface area contributed by atoms with Crippen molar-refractivity contribution in [1.82, 2.24) is 9.62 Å². The van der Waals surface area contributed by atoms with Gasteiger partial charge in [0.1, 0.15) is 0 Å². The highest BCUT2D eigenvalue weighted by Gasteiger charge is 2.26. The van der Waals surface area contributed by atoms with E-state index in [2.05, 4.69) is 4.72 Å². The summed E-state index contributed by atoms with van der Waals surface area (Å²) >= 11 is 0. The summed E-state index contributed by atoms with van der Waals surface area (Å²) in [5, 5.41) is 8.56. The third-order valence-electron chi connectivity index (χ3n) is 3.31. The molecule has 0 aromatic rings. The van der Waals surface area contributed by atoms with Crippen molar-refractivity contribution in [3.63, 3.8) is 0 Å². The van der Waals surface area contributed by atoms with Crippen molar-refractivity contribution in [2.24, 2.45) is 0 Å². The molecular weight excluding hydrogens is 284 g/mol. The molecular formula is C12H22N2O5S. The smallest absolute Gasteiger partial charge is 0.303 e. The first-order valence-corrected chi connectivity index (χ1v) is 8.64. The zero-order chi connectivity index (χ0) is 15.2. The number of piperidine rings is 1. The van der Waals surface area contributed by atoms with Crippen LogP contribution >= 0.6 is 0 Å². The van der Waals surface area contributed by atoms with Gasteiger partial charge >= 0.3 is 5.97 Å². The molecule has 0 aromatic carbocycles. The number of hydrogen-bond donors (Lipinski definition) is 2. The van der Waals surface area contributed by atoms with Crippen LogP contribution in [0.25, 0.3) is 0 Å². The van der Waals surface area contributed by atoms with Crippen molar-refractivity contribution in [2.45, 2.75) is 44.6 Å². The third-order valence-corrected chi connectivity index (χ3v) is 4.00. The van der Waals surface area contributed by atoms with E-state index in [1.807, 2.05) is 0 Å². The standard InChI is InChI=1S/C12H22N2O5S/c1-20(18,19)13-9-10-5-2-3-8-14(10)11(15)6-4-7-12(16)17/h10,13H,2-9H2,1H3,(H,16,17). The van der Waals surface area contributed by atoms with E-state index in [0.29, 0.717) is 13.0 Å². The fourth-order valence-electron chi connectivity index (χ4n) is 2.32. The van der Waals surface area contributed by atoms with Gasteiger partial charge < -0.3 is 10.0 Å². The zero-order valence-corrected chi connectivity index (χ0v) is 12.5. The molecule has 20 heavy (non-hydrogen) atoms. The van der Waals surface area contributed by atoms with E-state index in [9.17, 15) is 18.0 Å². The van der Waals surface area contributed by atoms with Gasteiger partial charge in [-0.15, -0.1) is 0 Å². The van der Waals surface area contributed by atoms with Gasteiger partial charge in [-0.25, -0.2) is 13.1 Å². The lowest BCUT2D eigenvalue weighted by Gasteiger charge is -2.36. The quantitative estimate of drug-likeness (QED) is 0.698. The number of rotatable bonds is 7. The monoisotopic (exact) mass is 306 g/mol. The molecule has 2 N–H and O–H groups in total. The fraction of sp³-hybridized carbons (Fsp3) is 0.833. The lowest BCUT2D eigenvalue weighted by molar-refractivity contribution is -0.137. The number of carbonyl (C=O) groups excluding carboxylic acids is 1. The number of sulfonamides is 1.